The Labute approximate surface area is 347 Å². The van der Waals surface area contributed by atoms with Crippen molar-refractivity contribution in [2.24, 2.45) is 4.99 Å². The Bertz CT molecular complexity index is 3580. The zero-order valence-corrected chi connectivity index (χ0v) is 32.8. The molecule has 0 amide bonds. The Morgan fingerprint density at radius 2 is 1.12 bits per heavy atom. The summed E-state index contributed by atoms with van der Waals surface area (Å²) in [4.78, 5) is 5.27. The number of hydrogen-bond acceptors (Lipinski definition) is 2. The number of benzene rings is 9. The highest BCUT2D eigenvalue weighted by molar-refractivity contribution is 6.18. The summed E-state index contributed by atoms with van der Waals surface area (Å²) in [5.74, 6) is 0. The fraction of sp³-hybridized carbons (Fsp3) is 0. The molecule has 0 saturated heterocycles. The first kappa shape index (κ1) is 35.2. The van der Waals surface area contributed by atoms with Crippen molar-refractivity contribution in [2.75, 3.05) is 0 Å². The van der Waals surface area contributed by atoms with Gasteiger partial charge in [0.1, 0.15) is 5.58 Å². The minimum Gasteiger partial charge on any atom is -0.454 e. The molecule has 0 aliphatic heterocycles. The molecule has 2 heterocycles. The van der Waals surface area contributed by atoms with Crippen molar-refractivity contribution >= 4 is 82.3 Å². The fourth-order valence-corrected chi connectivity index (χ4v) is 8.69. The summed E-state index contributed by atoms with van der Waals surface area (Å²) >= 11 is 0. The van der Waals surface area contributed by atoms with Crippen molar-refractivity contribution in [3.8, 4) is 16.8 Å². The second kappa shape index (κ2) is 14.4. The number of aromatic nitrogens is 1. The Morgan fingerprint density at radius 1 is 0.483 bits per heavy atom. The zero-order valence-electron chi connectivity index (χ0n) is 32.8. The third-order valence-corrected chi connectivity index (χ3v) is 11.7. The lowest BCUT2D eigenvalue weighted by atomic mass is 9.98. The van der Waals surface area contributed by atoms with E-state index in [9.17, 15) is 0 Å². The Morgan fingerprint density at radius 3 is 1.90 bits per heavy atom. The van der Waals surface area contributed by atoms with Gasteiger partial charge < -0.3 is 8.98 Å². The van der Waals surface area contributed by atoms with Gasteiger partial charge in [-0.25, -0.2) is 4.99 Å². The molecule has 11 aromatic rings. The van der Waals surface area contributed by atoms with E-state index < -0.39 is 0 Å². The van der Waals surface area contributed by atoms with Gasteiger partial charge in [0.2, 0.25) is 0 Å². The second-order valence-corrected chi connectivity index (χ2v) is 15.3. The van der Waals surface area contributed by atoms with Crippen LogP contribution >= 0.6 is 0 Å². The van der Waals surface area contributed by atoms with Crippen LogP contribution in [0.5, 0.6) is 0 Å². The van der Waals surface area contributed by atoms with Gasteiger partial charge in [-0.3, -0.25) is 0 Å². The average molecular weight is 767 g/mol. The molecule has 0 saturated carbocycles. The van der Waals surface area contributed by atoms with Crippen molar-refractivity contribution < 1.29 is 4.42 Å². The van der Waals surface area contributed by atoms with Gasteiger partial charge >= 0.3 is 0 Å². The number of furan rings is 1. The number of hydrogen-bond donors (Lipinski definition) is 0. The summed E-state index contributed by atoms with van der Waals surface area (Å²) in [6.07, 6.45) is 4.01. The molecule has 0 radical (unpaired) electrons. The van der Waals surface area contributed by atoms with E-state index in [4.69, 9.17) is 9.41 Å². The molecule has 0 fully saturated rings. The third-order valence-electron chi connectivity index (χ3n) is 11.7. The summed E-state index contributed by atoms with van der Waals surface area (Å²) in [5.41, 5.74) is 12.5. The first-order valence-corrected chi connectivity index (χ1v) is 20.2. The lowest BCUT2D eigenvalue weighted by Gasteiger charge is -2.10. The maximum Gasteiger partial charge on any atom is 0.159 e. The van der Waals surface area contributed by atoms with Gasteiger partial charge in [-0.1, -0.05) is 171 Å². The molecule has 60 heavy (non-hydrogen) atoms. The first-order valence-electron chi connectivity index (χ1n) is 20.2. The van der Waals surface area contributed by atoms with Gasteiger partial charge in [0.25, 0.3) is 0 Å². The Hall–Kier alpha value is -8.01. The molecule has 0 aliphatic rings. The quantitative estimate of drug-likeness (QED) is 0.112. The van der Waals surface area contributed by atoms with Gasteiger partial charge in [0.05, 0.1) is 28.1 Å². The van der Waals surface area contributed by atoms with E-state index in [1.54, 1.807) is 0 Å². The highest BCUT2D eigenvalue weighted by atomic mass is 16.3. The van der Waals surface area contributed by atoms with Gasteiger partial charge in [0, 0.05) is 32.7 Å². The monoisotopic (exact) mass is 766 g/mol. The second-order valence-electron chi connectivity index (χ2n) is 15.3. The van der Waals surface area contributed by atoms with Gasteiger partial charge in [0.15, 0.2) is 5.58 Å². The van der Waals surface area contributed by atoms with Crippen molar-refractivity contribution in [3.05, 3.63) is 236 Å². The highest BCUT2D eigenvalue weighted by Gasteiger charge is 2.19. The predicted molar refractivity (Wildman–Crippen MR) is 255 cm³/mol. The molecule has 3 nitrogen and oxygen atoms in total. The molecule has 11 rings (SSSR count). The van der Waals surface area contributed by atoms with Gasteiger partial charge in [-0.2, -0.15) is 0 Å². The summed E-state index contributed by atoms with van der Waals surface area (Å²) in [6.45, 7) is 8.73. The van der Waals surface area contributed by atoms with E-state index in [2.05, 4.69) is 218 Å². The standard InChI is InChI=1S/C57H38N2O/c1-3-38(45-27-25-41-17-8-10-19-44(41)33-45)34-52(58-37(2)42-26-24-40-16-7-9-18-43(40)32-42)47-29-31-50-51-21-13-23-54(57(51)60-56(50)36-47)59-53-22-12-11-20-48(53)49-30-28-46(35-55(49)59)39-14-5-4-6-15-39/h3-36H,1-2H2/b38-34+,58-52?. The first-order chi connectivity index (χ1) is 29.6. The van der Waals surface area contributed by atoms with Crippen LogP contribution in [0.15, 0.2) is 229 Å². The molecular weight excluding hydrogens is 729 g/mol. The van der Waals surface area contributed by atoms with Crippen LogP contribution in [0.1, 0.15) is 16.7 Å². The molecule has 0 bridgehead atoms. The van der Waals surface area contributed by atoms with E-state index in [0.29, 0.717) is 5.70 Å². The van der Waals surface area contributed by atoms with Crippen molar-refractivity contribution in [2.45, 2.75) is 0 Å². The van der Waals surface area contributed by atoms with Crippen LogP contribution in [0.4, 0.5) is 0 Å². The van der Waals surface area contributed by atoms with E-state index in [-0.39, 0.29) is 0 Å². The highest BCUT2D eigenvalue weighted by Crippen LogP contribution is 2.40. The van der Waals surface area contributed by atoms with Gasteiger partial charge in [-0.05, 0) is 92.3 Å². The number of nitrogens with zero attached hydrogens (tertiary/aromatic N) is 2. The summed E-state index contributed by atoms with van der Waals surface area (Å²) in [6, 6.07) is 68.5. The lowest BCUT2D eigenvalue weighted by molar-refractivity contribution is 0.666. The van der Waals surface area contributed by atoms with Crippen LogP contribution in [0, 0.1) is 0 Å². The summed E-state index contributed by atoms with van der Waals surface area (Å²) < 4.78 is 9.33. The maximum absolute atomic E-state index is 6.97. The van der Waals surface area contributed by atoms with Crippen molar-refractivity contribution in [1.82, 2.24) is 4.57 Å². The molecule has 3 heteroatoms. The largest absolute Gasteiger partial charge is 0.454 e. The van der Waals surface area contributed by atoms with E-state index in [1.165, 1.54) is 38.1 Å². The van der Waals surface area contributed by atoms with Crippen molar-refractivity contribution in [3.63, 3.8) is 0 Å². The number of allylic oxidation sites excluding steroid dienone is 3. The van der Waals surface area contributed by atoms with E-state index >= 15 is 0 Å². The Kier molecular flexibility index (Phi) is 8.46. The van der Waals surface area contributed by atoms with Crippen molar-refractivity contribution in [1.29, 1.82) is 0 Å². The average Bonchev–Trinajstić information content (AvgIpc) is 3.85. The third kappa shape index (κ3) is 6.04. The van der Waals surface area contributed by atoms with Crippen LogP contribution in [-0.2, 0) is 0 Å². The van der Waals surface area contributed by atoms with Crippen LogP contribution in [0.3, 0.4) is 0 Å². The number of rotatable bonds is 8. The SMILES string of the molecule is C=C/C(=C\C(=NC(=C)c1ccc2ccccc2c1)c1ccc2c(c1)oc1c(-n3c4ccccc4c4ccc(-c5ccccc5)cc43)cccc12)c1ccc2ccccc2c1. The Balaban J connectivity index is 1.08. The smallest absolute Gasteiger partial charge is 0.159 e. The van der Waals surface area contributed by atoms with E-state index in [0.717, 1.165) is 72.0 Å². The summed E-state index contributed by atoms with van der Waals surface area (Å²) in [7, 11) is 0. The molecule has 282 valence electrons. The predicted octanol–water partition coefficient (Wildman–Crippen LogP) is 15.4. The normalized spacial score (nSPS) is 12.3. The molecule has 0 spiro atoms. The van der Waals surface area contributed by atoms with Gasteiger partial charge in [-0.15, -0.1) is 0 Å². The number of aliphatic imine (C=N–C) groups is 1. The molecular formula is C57H38N2O. The van der Waals surface area contributed by atoms with Crippen LogP contribution < -0.4 is 0 Å². The molecule has 9 aromatic carbocycles. The van der Waals surface area contributed by atoms with Crippen LogP contribution in [-0.4, -0.2) is 10.3 Å². The summed E-state index contributed by atoms with van der Waals surface area (Å²) in [5, 5.41) is 9.17. The lowest BCUT2D eigenvalue weighted by Crippen LogP contribution is -1.99. The molecule has 0 unspecified atom stereocenters. The molecule has 2 aromatic heterocycles. The molecule has 0 atom stereocenters. The topological polar surface area (TPSA) is 30.4 Å². The van der Waals surface area contributed by atoms with Crippen LogP contribution in [0.2, 0.25) is 0 Å². The van der Waals surface area contributed by atoms with E-state index in [1.807, 2.05) is 6.08 Å². The molecule has 0 N–H and O–H groups in total. The minimum atomic E-state index is 0.669. The minimum absolute atomic E-state index is 0.669. The number of para-hydroxylation sites is 2. The van der Waals surface area contributed by atoms with Crippen LogP contribution in [0.25, 0.3) is 93.4 Å². The maximum atomic E-state index is 6.97. The zero-order chi connectivity index (χ0) is 40.2. The molecule has 0 aliphatic carbocycles. The number of fused-ring (bicyclic) bond motifs is 8. The fourth-order valence-electron chi connectivity index (χ4n) is 8.69.